The summed E-state index contributed by atoms with van der Waals surface area (Å²) in [4.78, 5) is 9.21. The van der Waals surface area contributed by atoms with E-state index < -0.39 is 0 Å². The van der Waals surface area contributed by atoms with E-state index >= 15 is 0 Å². The molecular formula is C19H34IN5O. The van der Waals surface area contributed by atoms with Gasteiger partial charge in [0, 0.05) is 39.8 Å². The first-order chi connectivity index (χ1) is 12.3. The molecule has 0 radical (unpaired) electrons. The summed E-state index contributed by atoms with van der Waals surface area (Å²) in [6.07, 6.45) is 2.39. The van der Waals surface area contributed by atoms with Crippen LogP contribution in [0.2, 0.25) is 0 Å². The first-order valence-corrected chi connectivity index (χ1v) is 9.31. The third-order valence-electron chi connectivity index (χ3n) is 4.42. The predicted octanol–water partition coefficient (Wildman–Crippen LogP) is 1.88. The van der Waals surface area contributed by atoms with Gasteiger partial charge in [-0.3, -0.25) is 4.99 Å². The van der Waals surface area contributed by atoms with Gasteiger partial charge in [-0.1, -0.05) is 18.2 Å². The van der Waals surface area contributed by atoms with Crippen LogP contribution in [0.5, 0.6) is 5.75 Å². The minimum atomic E-state index is 0. The summed E-state index contributed by atoms with van der Waals surface area (Å²) in [7, 11) is 4.00. The Hall–Kier alpha value is -1.06. The fraction of sp³-hybridized carbons (Fsp3) is 0.632. The van der Waals surface area contributed by atoms with E-state index in [9.17, 15) is 0 Å². The van der Waals surface area contributed by atoms with Crippen LogP contribution in [0, 0.1) is 0 Å². The quantitative estimate of drug-likeness (QED) is 0.247. The molecule has 1 aliphatic heterocycles. The van der Waals surface area contributed by atoms with Crippen molar-refractivity contribution in [3.63, 3.8) is 0 Å². The number of likely N-dealkylation sites (N-methyl/N-ethyl adjacent to an activating group) is 1. The number of aliphatic imine (C=N–C) groups is 1. The number of ether oxygens (including phenoxy) is 1. The molecule has 1 heterocycles. The van der Waals surface area contributed by atoms with Crippen molar-refractivity contribution in [2.45, 2.75) is 12.8 Å². The number of halogens is 1. The molecule has 0 atom stereocenters. The van der Waals surface area contributed by atoms with Crippen LogP contribution >= 0.6 is 24.0 Å². The summed E-state index contributed by atoms with van der Waals surface area (Å²) < 4.78 is 5.66. The number of nitrogens with zero attached hydrogens (tertiary/aromatic N) is 3. The molecule has 1 fully saturated rings. The number of para-hydroxylation sites is 1. The van der Waals surface area contributed by atoms with E-state index in [0.717, 1.165) is 31.2 Å². The Morgan fingerprint density at radius 1 is 1.04 bits per heavy atom. The highest BCUT2D eigenvalue weighted by Gasteiger charge is 2.12. The van der Waals surface area contributed by atoms with Crippen LogP contribution in [-0.4, -0.2) is 82.3 Å². The lowest BCUT2D eigenvalue weighted by molar-refractivity contribution is 0.152. The summed E-state index contributed by atoms with van der Waals surface area (Å²) >= 11 is 0. The maximum absolute atomic E-state index is 5.66. The molecule has 0 aliphatic carbocycles. The van der Waals surface area contributed by atoms with Crippen LogP contribution < -0.4 is 15.4 Å². The normalized spacial score (nSPS) is 16.0. The van der Waals surface area contributed by atoms with Crippen molar-refractivity contribution < 1.29 is 4.74 Å². The smallest absolute Gasteiger partial charge is 0.191 e. The SMILES string of the molecule is CN=C(NCCCCN1CCN(C)CC1)NCCOc1ccccc1.I. The zero-order valence-electron chi connectivity index (χ0n) is 16.1. The highest BCUT2D eigenvalue weighted by molar-refractivity contribution is 14.0. The second-order valence-electron chi connectivity index (χ2n) is 6.44. The van der Waals surface area contributed by atoms with Gasteiger partial charge in [-0.25, -0.2) is 0 Å². The highest BCUT2D eigenvalue weighted by atomic mass is 127. The second kappa shape index (κ2) is 14.1. The topological polar surface area (TPSA) is 52.1 Å². The lowest BCUT2D eigenvalue weighted by Crippen LogP contribution is -2.44. The Morgan fingerprint density at radius 2 is 1.73 bits per heavy atom. The number of unbranched alkanes of at least 4 members (excludes halogenated alkanes) is 1. The lowest BCUT2D eigenvalue weighted by atomic mass is 10.2. The van der Waals surface area contributed by atoms with Crippen LogP contribution in [0.1, 0.15) is 12.8 Å². The van der Waals surface area contributed by atoms with Gasteiger partial charge < -0.3 is 25.2 Å². The van der Waals surface area contributed by atoms with Gasteiger partial charge in [0.15, 0.2) is 5.96 Å². The Kier molecular flexibility index (Phi) is 12.4. The first kappa shape index (κ1) is 23.0. The van der Waals surface area contributed by atoms with E-state index in [2.05, 4.69) is 32.5 Å². The van der Waals surface area contributed by atoms with Crippen molar-refractivity contribution in [2.24, 2.45) is 4.99 Å². The Balaban J connectivity index is 0.00000338. The Bertz CT molecular complexity index is 492. The summed E-state index contributed by atoms with van der Waals surface area (Å²) in [6, 6.07) is 9.87. The molecule has 1 aromatic carbocycles. The molecule has 7 heteroatoms. The molecule has 0 unspecified atom stereocenters. The van der Waals surface area contributed by atoms with Crippen molar-refractivity contribution in [2.75, 3.05) is 66.5 Å². The van der Waals surface area contributed by atoms with Gasteiger partial charge in [0.1, 0.15) is 12.4 Å². The molecule has 2 N–H and O–H groups in total. The molecule has 1 saturated heterocycles. The third kappa shape index (κ3) is 9.59. The van der Waals surface area contributed by atoms with E-state index in [1.807, 2.05) is 30.3 Å². The van der Waals surface area contributed by atoms with Crippen molar-refractivity contribution in [1.29, 1.82) is 0 Å². The fourth-order valence-corrected chi connectivity index (χ4v) is 2.81. The van der Waals surface area contributed by atoms with Crippen molar-refractivity contribution in [3.8, 4) is 5.75 Å². The van der Waals surface area contributed by atoms with Gasteiger partial charge >= 0.3 is 0 Å². The molecule has 6 nitrogen and oxygen atoms in total. The zero-order valence-corrected chi connectivity index (χ0v) is 18.4. The number of hydrogen-bond acceptors (Lipinski definition) is 4. The maximum Gasteiger partial charge on any atom is 0.191 e. The highest BCUT2D eigenvalue weighted by Crippen LogP contribution is 2.07. The average Bonchev–Trinajstić information content (AvgIpc) is 2.65. The van der Waals surface area contributed by atoms with E-state index in [1.165, 1.54) is 39.1 Å². The van der Waals surface area contributed by atoms with Gasteiger partial charge in [0.25, 0.3) is 0 Å². The molecule has 26 heavy (non-hydrogen) atoms. The van der Waals surface area contributed by atoms with Crippen LogP contribution in [-0.2, 0) is 0 Å². The zero-order chi connectivity index (χ0) is 17.7. The average molecular weight is 475 g/mol. The molecule has 1 aliphatic rings. The van der Waals surface area contributed by atoms with Gasteiger partial charge in [0.2, 0.25) is 0 Å². The van der Waals surface area contributed by atoms with Crippen molar-refractivity contribution >= 4 is 29.9 Å². The summed E-state index contributed by atoms with van der Waals surface area (Å²) in [5.74, 6) is 1.74. The molecule has 0 spiro atoms. The second-order valence-corrected chi connectivity index (χ2v) is 6.44. The minimum Gasteiger partial charge on any atom is -0.492 e. The molecule has 2 rings (SSSR count). The van der Waals surface area contributed by atoms with E-state index in [1.54, 1.807) is 7.05 Å². The predicted molar refractivity (Wildman–Crippen MR) is 120 cm³/mol. The van der Waals surface area contributed by atoms with Crippen LogP contribution in [0.15, 0.2) is 35.3 Å². The largest absolute Gasteiger partial charge is 0.492 e. The molecule has 0 saturated carbocycles. The standard InChI is InChI=1S/C19H33N5O.HI/c1-20-19(22-11-17-25-18-8-4-3-5-9-18)21-10-6-7-12-24-15-13-23(2)14-16-24;/h3-5,8-9H,6-7,10-17H2,1-2H3,(H2,20,21,22);1H. The fourth-order valence-electron chi connectivity index (χ4n) is 2.81. The molecule has 0 amide bonds. The van der Waals surface area contributed by atoms with E-state index in [0.29, 0.717) is 6.61 Å². The number of guanidine groups is 1. The maximum atomic E-state index is 5.66. The van der Waals surface area contributed by atoms with Gasteiger partial charge in [-0.2, -0.15) is 0 Å². The Morgan fingerprint density at radius 3 is 2.42 bits per heavy atom. The number of benzene rings is 1. The van der Waals surface area contributed by atoms with Crippen molar-refractivity contribution in [1.82, 2.24) is 20.4 Å². The van der Waals surface area contributed by atoms with Crippen LogP contribution in [0.25, 0.3) is 0 Å². The number of piperazine rings is 1. The number of hydrogen-bond donors (Lipinski definition) is 2. The molecule has 0 bridgehead atoms. The Labute approximate surface area is 175 Å². The van der Waals surface area contributed by atoms with Gasteiger partial charge in [-0.05, 0) is 38.6 Å². The summed E-state index contributed by atoms with van der Waals surface area (Å²) in [6.45, 7) is 8.30. The first-order valence-electron chi connectivity index (χ1n) is 9.31. The molecule has 0 aromatic heterocycles. The summed E-state index contributed by atoms with van der Waals surface area (Å²) in [5.41, 5.74) is 0. The van der Waals surface area contributed by atoms with Crippen molar-refractivity contribution in [3.05, 3.63) is 30.3 Å². The number of nitrogens with one attached hydrogen (secondary N) is 2. The summed E-state index contributed by atoms with van der Waals surface area (Å²) in [5, 5.41) is 6.65. The van der Waals surface area contributed by atoms with Crippen LogP contribution in [0.4, 0.5) is 0 Å². The minimum absolute atomic E-state index is 0. The number of rotatable bonds is 9. The molecule has 148 valence electrons. The van der Waals surface area contributed by atoms with E-state index in [4.69, 9.17) is 4.74 Å². The van der Waals surface area contributed by atoms with Crippen LogP contribution in [0.3, 0.4) is 0 Å². The lowest BCUT2D eigenvalue weighted by Gasteiger charge is -2.32. The monoisotopic (exact) mass is 475 g/mol. The van der Waals surface area contributed by atoms with Gasteiger partial charge in [0.05, 0.1) is 6.54 Å². The molecular weight excluding hydrogens is 441 g/mol. The molecule has 1 aromatic rings. The third-order valence-corrected chi connectivity index (χ3v) is 4.42. The van der Waals surface area contributed by atoms with Gasteiger partial charge in [-0.15, -0.1) is 24.0 Å². The van der Waals surface area contributed by atoms with E-state index in [-0.39, 0.29) is 24.0 Å².